The number of nitrogens with zero attached hydrogens (tertiary/aromatic N) is 1. The number of amides is 5. The highest BCUT2D eigenvalue weighted by Crippen LogP contribution is 2.21. The van der Waals surface area contributed by atoms with E-state index >= 15 is 0 Å². The third kappa shape index (κ3) is 13.0. The normalized spacial score (nSPS) is 13.2. The molecule has 0 bridgehead atoms. The average Bonchev–Trinajstić information content (AvgIpc) is 3.63. The number of nitrogens with one attached hydrogen (secondary N) is 4. The zero-order valence-electron chi connectivity index (χ0n) is 34.2. The van der Waals surface area contributed by atoms with E-state index in [0.717, 1.165) is 22.0 Å². The van der Waals surface area contributed by atoms with Crippen molar-refractivity contribution < 1.29 is 38.2 Å². The lowest BCUT2D eigenvalue weighted by Crippen LogP contribution is -2.59. The largest absolute Gasteiger partial charge is 0.461 e. The van der Waals surface area contributed by atoms with Gasteiger partial charge in [0.15, 0.2) is 0 Å². The molecular weight excluding hydrogens is 765 g/mol. The summed E-state index contributed by atoms with van der Waals surface area (Å²) in [5.74, 6) is -3.90. The second-order valence-corrected chi connectivity index (χ2v) is 15.5. The molecule has 14 nitrogen and oxygen atoms in total. The first kappa shape index (κ1) is 44.1. The fourth-order valence-corrected chi connectivity index (χ4v) is 6.60. The number of aromatic amines is 1. The predicted molar refractivity (Wildman–Crippen MR) is 226 cm³/mol. The molecule has 0 saturated heterocycles. The number of hydrogen-bond donors (Lipinski definition) is 5. The highest BCUT2D eigenvalue weighted by atomic mass is 16.6. The maximum Gasteiger partial charge on any atom is 0.408 e. The van der Waals surface area contributed by atoms with E-state index in [1.807, 2.05) is 30.3 Å². The minimum Gasteiger partial charge on any atom is -0.461 e. The van der Waals surface area contributed by atoms with Gasteiger partial charge in [-0.05, 0) is 49.1 Å². The molecule has 0 aliphatic carbocycles. The monoisotopic (exact) mass is 816 g/mol. The van der Waals surface area contributed by atoms with Crippen molar-refractivity contribution in [3.63, 3.8) is 0 Å². The van der Waals surface area contributed by atoms with Gasteiger partial charge in [0.25, 0.3) is 0 Å². The molecule has 314 valence electrons. The van der Waals surface area contributed by atoms with Crippen molar-refractivity contribution in [1.82, 2.24) is 25.8 Å². The van der Waals surface area contributed by atoms with Crippen molar-refractivity contribution in [2.75, 3.05) is 7.05 Å². The van der Waals surface area contributed by atoms with E-state index in [1.165, 1.54) is 11.9 Å². The summed E-state index contributed by atoms with van der Waals surface area (Å²) in [7, 11) is 1.43. The van der Waals surface area contributed by atoms with E-state index in [9.17, 15) is 28.8 Å². The quantitative estimate of drug-likeness (QED) is 0.0796. The highest BCUT2D eigenvalue weighted by molar-refractivity contribution is 5.97. The molecule has 4 aromatic carbocycles. The smallest absolute Gasteiger partial charge is 0.408 e. The Morgan fingerprint density at radius 2 is 1.22 bits per heavy atom. The number of alkyl carbamates (subject to hydrolysis) is 1. The van der Waals surface area contributed by atoms with Crippen molar-refractivity contribution in [2.24, 2.45) is 5.73 Å². The van der Waals surface area contributed by atoms with Gasteiger partial charge in [-0.3, -0.25) is 24.0 Å². The number of ether oxygens (including phenoxy) is 2. The van der Waals surface area contributed by atoms with Crippen LogP contribution in [0, 0.1) is 0 Å². The van der Waals surface area contributed by atoms with Gasteiger partial charge >= 0.3 is 12.1 Å². The van der Waals surface area contributed by atoms with E-state index in [0.29, 0.717) is 11.1 Å². The van der Waals surface area contributed by atoms with E-state index in [2.05, 4.69) is 20.9 Å². The summed E-state index contributed by atoms with van der Waals surface area (Å²) >= 11 is 0. The van der Waals surface area contributed by atoms with Crippen molar-refractivity contribution in [3.05, 3.63) is 144 Å². The standard InChI is InChI=1S/C46H52N6O8/c1-46(2,3)60-45(58)51-38(26-33-28-48-35-23-15-14-22-34(33)35)44(57)52(4)39(25-31-18-10-6-11-19-31)43(56)50-37(27-40(53)59-29-32-20-12-7-13-21-32)42(55)49-36(41(47)54)24-30-16-8-5-9-17-30/h5-23,28,36-39,48H,24-27,29H2,1-4H3,(H2,47,54)(H,49,55)(H,50,56)(H,51,58)/t36-,37-,38-,39-/m0/s1. The third-order valence-electron chi connectivity index (χ3n) is 9.67. The molecule has 60 heavy (non-hydrogen) atoms. The fraction of sp³-hybridized carbons (Fsp3) is 0.304. The number of H-pyrrole nitrogens is 1. The van der Waals surface area contributed by atoms with E-state index in [4.69, 9.17) is 15.2 Å². The number of benzene rings is 4. The Bertz CT molecular complexity index is 2240. The first-order chi connectivity index (χ1) is 28.7. The zero-order valence-corrected chi connectivity index (χ0v) is 34.2. The number of carbonyl (C=O) groups is 6. The number of primary amides is 1. The van der Waals surface area contributed by atoms with Crippen LogP contribution in [0.15, 0.2) is 121 Å². The lowest BCUT2D eigenvalue weighted by molar-refractivity contribution is -0.148. The Balaban J connectivity index is 1.44. The Morgan fingerprint density at radius 3 is 1.82 bits per heavy atom. The Hall–Kier alpha value is -6.96. The maximum absolute atomic E-state index is 14.6. The van der Waals surface area contributed by atoms with Gasteiger partial charge in [0.05, 0.1) is 6.42 Å². The van der Waals surface area contributed by atoms with Gasteiger partial charge in [-0.25, -0.2) is 4.79 Å². The molecule has 5 amide bonds. The van der Waals surface area contributed by atoms with Crippen LogP contribution in [0.4, 0.5) is 4.79 Å². The van der Waals surface area contributed by atoms with Crippen molar-refractivity contribution in [3.8, 4) is 0 Å². The number of hydrogen-bond acceptors (Lipinski definition) is 8. The van der Waals surface area contributed by atoms with Crippen molar-refractivity contribution in [1.29, 1.82) is 0 Å². The molecule has 0 aliphatic heterocycles. The number of aromatic nitrogens is 1. The Labute approximate surface area is 349 Å². The van der Waals surface area contributed by atoms with Crippen LogP contribution in [0.1, 0.15) is 49.4 Å². The molecule has 5 aromatic rings. The van der Waals surface area contributed by atoms with Crippen LogP contribution in [0.3, 0.4) is 0 Å². The number of esters is 1. The zero-order chi connectivity index (χ0) is 43.2. The predicted octanol–water partition coefficient (Wildman–Crippen LogP) is 4.50. The van der Waals surface area contributed by atoms with E-state index in [-0.39, 0.29) is 25.9 Å². The van der Waals surface area contributed by atoms with Gasteiger partial charge in [0.1, 0.15) is 36.4 Å². The SMILES string of the molecule is CN(C(=O)[C@H](Cc1c[nH]c2ccccc12)NC(=O)OC(C)(C)C)[C@@H](Cc1ccccc1)C(=O)N[C@@H](CC(=O)OCc1ccccc1)C(=O)N[C@@H](Cc1ccccc1)C(N)=O. The molecule has 0 fully saturated rings. The number of likely N-dealkylation sites (N-methyl/N-ethyl adjacent to an activating group) is 1. The lowest BCUT2D eigenvalue weighted by Gasteiger charge is -2.32. The summed E-state index contributed by atoms with van der Waals surface area (Å²) in [5, 5.41) is 8.84. The summed E-state index contributed by atoms with van der Waals surface area (Å²) in [4.78, 5) is 86.7. The van der Waals surface area contributed by atoms with Gasteiger partial charge in [-0.15, -0.1) is 0 Å². The number of fused-ring (bicyclic) bond motifs is 1. The lowest BCUT2D eigenvalue weighted by atomic mass is 10.00. The second-order valence-electron chi connectivity index (χ2n) is 15.5. The number of para-hydroxylation sites is 1. The van der Waals surface area contributed by atoms with Gasteiger partial charge in [-0.2, -0.15) is 0 Å². The number of carbonyl (C=O) groups excluding carboxylic acids is 6. The van der Waals surface area contributed by atoms with Crippen LogP contribution in [0.25, 0.3) is 10.9 Å². The fourth-order valence-electron chi connectivity index (χ4n) is 6.60. The minimum atomic E-state index is -1.55. The van der Waals surface area contributed by atoms with Gasteiger partial charge in [0.2, 0.25) is 23.6 Å². The summed E-state index contributed by atoms with van der Waals surface area (Å²) in [5.41, 5.74) is 8.52. The van der Waals surface area contributed by atoms with Crippen LogP contribution in [-0.4, -0.2) is 82.4 Å². The Morgan fingerprint density at radius 1 is 0.667 bits per heavy atom. The van der Waals surface area contributed by atoms with Crippen molar-refractivity contribution in [2.45, 2.75) is 82.8 Å². The van der Waals surface area contributed by atoms with Crippen molar-refractivity contribution >= 4 is 46.6 Å². The second kappa shape index (κ2) is 20.6. The minimum absolute atomic E-state index is 0.00807. The molecule has 0 unspecified atom stereocenters. The molecule has 5 rings (SSSR count). The molecule has 0 aliphatic rings. The molecule has 1 heterocycles. The van der Waals surface area contributed by atoms with Gasteiger partial charge in [-0.1, -0.05) is 109 Å². The van der Waals surface area contributed by atoms with Crippen LogP contribution >= 0.6 is 0 Å². The molecule has 0 radical (unpaired) electrons. The molecule has 1 aromatic heterocycles. The van der Waals surface area contributed by atoms with E-state index < -0.39 is 71.9 Å². The molecule has 14 heteroatoms. The average molecular weight is 817 g/mol. The van der Waals surface area contributed by atoms with Crippen LogP contribution in [-0.2, 0) is 59.3 Å². The molecule has 0 spiro atoms. The summed E-state index contributed by atoms with van der Waals surface area (Å²) in [6.45, 7) is 5.02. The molecule has 0 saturated carbocycles. The van der Waals surface area contributed by atoms with Crippen LogP contribution in [0.5, 0.6) is 0 Å². The Kier molecular flexibility index (Phi) is 15.2. The van der Waals surface area contributed by atoms with Gasteiger partial charge in [0, 0.05) is 43.4 Å². The maximum atomic E-state index is 14.6. The summed E-state index contributed by atoms with van der Waals surface area (Å²) < 4.78 is 11.0. The molecule has 6 N–H and O–H groups in total. The van der Waals surface area contributed by atoms with Gasteiger partial charge < -0.3 is 41.0 Å². The third-order valence-corrected chi connectivity index (χ3v) is 9.67. The number of nitrogens with two attached hydrogens (primary N) is 1. The van der Waals surface area contributed by atoms with Crippen LogP contribution in [0.2, 0.25) is 0 Å². The summed E-state index contributed by atoms with van der Waals surface area (Å²) in [6, 6.07) is 29.1. The molecule has 4 atom stereocenters. The molecular formula is C46H52N6O8. The number of rotatable bonds is 18. The van der Waals surface area contributed by atoms with Crippen LogP contribution < -0.4 is 21.7 Å². The summed E-state index contributed by atoms with van der Waals surface area (Å²) in [6.07, 6.45) is 0.403. The first-order valence-electron chi connectivity index (χ1n) is 19.7. The first-order valence-corrected chi connectivity index (χ1v) is 19.7. The highest BCUT2D eigenvalue weighted by Gasteiger charge is 2.36. The van der Waals surface area contributed by atoms with E-state index in [1.54, 1.807) is 112 Å². The topological polar surface area (TPSA) is 202 Å².